The molecule has 0 aromatic carbocycles. The number of imidazole rings is 1. The first-order chi connectivity index (χ1) is 12.2. The van der Waals surface area contributed by atoms with E-state index in [1.54, 1.807) is 30.4 Å². The molecule has 0 atom stereocenters. The molecule has 0 saturated heterocycles. The zero-order valence-electron chi connectivity index (χ0n) is 14.4. The van der Waals surface area contributed by atoms with Crippen LogP contribution in [0, 0.1) is 0 Å². The Kier molecular flexibility index (Phi) is 4.48. The maximum Gasteiger partial charge on any atom is 0.270 e. The Bertz CT molecular complexity index is 734. The van der Waals surface area contributed by atoms with E-state index < -0.39 is 0 Å². The quantitative estimate of drug-likeness (QED) is 0.902. The first kappa shape index (κ1) is 16.2. The summed E-state index contributed by atoms with van der Waals surface area (Å²) in [7, 11) is 1.75. The molecule has 7 heteroatoms. The van der Waals surface area contributed by atoms with Crippen molar-refractivity contribution in [1.29, 1.82) is 0 Å². The predicted molar refractivity (Wildman–Crippen MR) is 91.6 cm³/mol. The van der Waals surface area contributed by atoms with Gasteiger partial charge in [0.05, 0.1) is 6.10 Å². The van der Waals surface area contributed by atoms with Crippen LogP contribution < -0.4 is 5.32 Å². The van der Waals surface area contributed by atoms with Crippen LogP contribution in [0.25, 0.3) is 5.95 Å². The predicted octanol–water partition coefficient (Wildman–Crippen LogP) is 2.23. The van der Waals surface area contributed by atoms with Gasteiger partial charge in [0.1, 0.15) is 12.0 Å². The summed E-state index contributed by atoms with van der Waals surface area (Å²) in [6.07, 6.45) is 11.6. The normalized spacial score (nSPS) is 23.4. The smallest absolute Gasteiger partial charge is 0.270 e. The Labute approximate surface area is 146 Å². The largest absolute Gasteiger partial charge is 0.381 e. The van der Waals surface area contributed by atoms with Gasteiger partial charge in [0.2, 0.25) is 5.95 Å². The lowest BCUT2D eigenvalue weighted by Gasteiger charge is -2.28. The third kappa shape index (κ3) is 3.71. The molecule has 4 rings (SSSR count). The van der Waals surface area contributed by atoms with Crippen LogP contribution in [-0.4, -0.2) is 44.7 Å². The Morgan fingerprint density at radius 1 is 1.20 bits per heavy atom. The van der Waals surface area contributed by atoms with E-state index in [1.165, 1.54) is 0 Å². The number of nitrogens with zero attached hydrogens (tertiary/aromatic N) is 4. The van der Waals surface area contributed by atoms with E-state index >= 15 is 0 Å². The highest BCUT2D eigenvalue weighted by atomic mass is 16.5. The number of methoxy groups -OCH3 is 1. The molecule has 1 amide bonds. The van der Waals surface area contributed by atoms with Crippen LogP contribution in [0.1, 0.15) is 60.6 Å². The molecule has 2 aliphatic rings. The van der Waals surface area contributed by atoms with Crippen LogP contribution in [0.2, 0.25) is 0 Å². The number of nitrogens with one attached hydrogen (secondary N) is 1. The molecule has 0 spiro atoms. The van der Waals surface area contributed by atoms with Crippen molar-refractivity contribution in [3.63, 3.8) is 0 Å². The summed E-state index contributed by atoms with van der Waals surface area (Å²) >= 11 is 0. The van der Waals surface area contributed by atoms with E-state index in [2.05, 4.69) is 20.3 Å². The van der Waals surface area contributed by atoms with Gasteiger partial charge in [-0.15, -0.1) is 0 Å². The van der Waals surface area contributed by atoms with Crippen molar-refractivity contribution >= 4 is 5.91 Å². The number of carbonyl (C=O) groups is 1. The summed E-state index contributed by atoms with van der Waals surface area (Å²) in [6.45, 7) is 0. The lowest BCUT2D eigenvalue weighted by molar-refractivity contribution is 0.0598. The van der Waals surface area contributed by atoms with Crippen molar-refractivity contribution < 1.29 is 9.53 Å². The molecular formula is C18H23N5O2. The maximum absolute atomic E-state index is 12.7. The zero-order valence-corrected chi connectivity index (χ0v) is 14.4. The van der Waals surface area contributed by atoms with Crippen LogP contribution in [0.4, 0.5) is 0 Å². The number of hydrogen-bond donors (Lipinski definition) is 1. The van der Waals surface area contributed by atoms with E-state index in [9.17, 15) is 4.79 Å². The molecule has 2 saturated carbocycles. The molecule has 0 radical (unpaired) electrons. The molecule has 1 N–H and O–H groups in total. The van der Waals surface area contributed by atoms with Crippen LogP contribution in [0.15, 0.2) is 24.8 Å². The maximum atomic E-state index is 12.7. The molecule has 0 bridgehead atoms. The Morgan fingerprint density at radius 3 is 2.64 bits per heavy atom. The molecule has 7 nitrogen and oxygen atoms in total. The van der Waals surface area contributed by atoms with E-state index in [-0.39, 0.29) is 11.9 Å². The van der Waals surface area contributed by atoms with Gasteiger partial charge in [-0.25, -0.2) is 15.0 Å². The average Bonchev–Trinajstić information content (AvgIpc) is 3.36. The molecule has 2 fully saturated rings. The molecule has 2 aromatic heterocycles. The standard InChI is InChI=1S/C18H23N5O2/c1-25-14-6-4-13(5-7-14)20-17(24)16-10-15(12-2-3-12)21-18(22-16)23-9-8-19-11-23/h8-14H,2-7H2,1H3,(H,20,24). The highest BCUT2D eigenvalue weighted by Crippen LogP contribution is 2.39. The lowest BCUT2D eigenvalue weighted by atomic mass is 9.93. The second-order valence-corrected chi connectivity index (χ2v) is 6.91. The minimum Gasteiger partial charge on any atom is -0.381 e. The summed E-state index contributed by atoms with van der Waals surface area (Å²) in [6, 6.07) is 2.03. The second kappa shape index (κ2) is 6.92. The minimum atomic E-state index is -0.119. The van der Waals surface area contributed by atoms with Gasteiger partial charge in [-0.1, -0.05) is 0 Å². The lowest BCUT2D eigenvalue weighted by Crippen LogP contribution is -2.39. The fraction of sp³-hybridized carbons (Fsp3) is 0.556. The topological polar surface area (TPSA) is 81.9 Å². The van der Waals surface area contributed by atoms with Gasteiger partial charge in [0.25, 0.3) is 5.91 Å². The van der Waals surface area contributed by atoms with Gasteiger partial charge in [-0.3, -0.25) is 9.36 Å². The first-order valence-corrected chi connectivity index (χ1v) is 8.94. The molecule has 2 aromatic rings. The second-order valence-electron chi connectivity index (χ2n) is 6.91. The summed E-state index contributed by atoms with van der Waals surface area (Å²) in [5, 5.41) is 3.13. The van der Waals surface area contributed by atoms with Gasteiger partial charge >= 0.3 is 0 Å². The summed E-state index contributed by atoms with van der Waals surface area (Å²) in [4.78, 5) is 25.8. The number of carbonyl (C=O) groups excluding carboxylic acids is 1. The molecule has 2 heterocycles. The molecule has 2 aliphatic carbocycles. The van der Waals surface area contributed by atoms with Gasteiger partial charge in [-0.2, -0.15) is 0 Å². The number of amides is 1. The van der Waals surface area contributed by atoms with Crippen molar-refractivity contribution in [3.05, 3.63) is 36.2 Å². The number of hydrogen-bond acceptors (Lipinski definition) is 5. The van der Waals surface area contributed by atoms with Crippen LogP contribution in [0.5, 0.6) is 0 Å². The Morgan fingerprint density at radius 2 is 2.00 bits per heavy atom. The SMILES string of the molecule is COC1CCC(NC(=O)c2cc(C3CC3)nc(-n3ccnc3)n2)CC1. The molecule has 132 valence electrons. The summed E-state index contributed by atoms with van der Waals surface area (Å²) < 4.78 is 7.14. The van der Waals surface area contributed by atoms with E-state index in [0.29, 0.717) is 23.7 Å². The van der Waals surface area contributed by atoms with Crippen molar-refractivity contribution in [1.82, 2.24) is 24.8 Å². The van der Waals surface area contributed by atoms with E-state index in [0.717, 1.165) is 44.2 Å². The van der Waals surface area contributed by atoms with E-state index in [4.69, 9.17) is 4.74 Å². The monoisotopic (exact) mass is 341 g/mol. The molecular weight excluding hydrogens is 318 g/mol. The zero-order chi connectivity index (χ0) is 17.2. The highest BCUT2D eigenvalue weighted by molar-refractivity contribution is 5.92. The number of rotatable bonds is 5. The van der Waals surface area contributed by atoms with Crippen molar-refractivity contribution in [2.75, 3.05) is 7.11 Å². The van der Waals surface area contributed by atoms with Crippen molar-refractivity contribution in [3.8, 4) is 5.95 Å². The fourth-order valence-electron chi connectivity index (χ4n) is 3.35. The summed E-state index contributed by atoms with van der Waals surface area (Å²) in [5.74, 6) is 0.843. The van der Waals surface area contributed by atoms with Crippen molar-refractivity contribution in [2.24, 2.45) is 0 Å². The average molecular weight is 341 g/mol. The number of ether oxygens (including phenoxy) is 1. The van der Waals surface area contributed by atoms with Crippen LogP contribution in [0.3, 0.4) is 0 Å². The van der Waals surface area contributed by atoms with Crippen molar-refractivity contribution in [2.45, 2.75) is 56.6 Å². The Balaban J connectivity index is 1.51. The van der Waals surface area contributed by atoms with Gasteiger partial charge < -0.3 is 10.1 Å². The molecule has 0 aliphatic heterocycles. The number of aromatic nitrogens is 4. The van der Waals surface area contributed by atoms with Crippen LogP contribution >= 0.6 is 0 Å². The van der Waals surface area contributed by atoms with Gasteiger partial charge in [-0.05, 0) is 44.6 Å². The van der Waals surface area contributed by atoms with Gasteiger partial charge in [0.15, 0.2) is 0 Å². The minimum absolute atomic E-state index is 0.119. The summed E-state index contributed by atoms with van der Waals surface area (Å²) in [5.41, 5.74) is 1.39. The Hall–Kier alpha value is -2.28. The first-order valence-electron chi connectivity index (χ1n) is 8.94. The van der Waals surface area contributed by atoms with Gasteiger partial charge in [0, 0.05) is 37.2 Å². The highest BCUT2D eigenvalue weighted by Gasteiger charge is 2.28. The van der Waals surface area contributed by atoms with Crippen LogP contribution in [-0.2, 0) is 4.74 Å². The fourth-order valence-corrected chi connectivity index (χ4v) is 3.35. The third-order valence-electron chi connectivity index (χ3n) is 5.04. The van der Waals surface area contributed by atoms with E-state index in [1.807, 2.05) is 6.07 Å². The third-order valence-corrected chi connectivity index (χ3v) is 5.04. The molecule has 0 unspecified atom stereocenters. The molecule has 25 heavy (non-hydrogen) atoms.